The van der Waals surface area contributed by atoms with Crippen LogP contribution in [0.4, 0.5) is 27.0 Å². The van der Waals surface area contributed by atoms with Crippen molar-refractivity contribution in [2.45, 2.75) is 58.4 Å². The second-order valence-corrected chi connectivity index (χ2v) is 10.6. The van der Waals surface area contributed by atoms with Gasteiger partial charge in [-0.05, 0) is 63.6 Å². The fourth-order valence-electron chi connectivity index (χ4n) is 5.29. The fourth-order valence-corrected chi connectivity index (χ4v) is 5.29. The van der Waals surface area contributed by atoms with Crippen LogP contribution in [0.15, 0.2) is 30.5 Å². The van der Waals surface area contributed by atoms with Gasteiger partial charge in [-0.2, -0.15) is 4.98 Å². The first-order chi connectivity index (χ1) is 20.8. The Morgan fingerprint density at radius 2 is 1.65 bits per heavy atom. The van der Waals surface area contributed by atoms with Crippen LogP contribution >= 0.6 is 0 Å². The topological polar surface area (TPSA) is 131 Å². The number of likely N-dealkylation sites (tertiary alicyclic amines) is 2. The molecular weight excluding hydrogens is 550 g/mol. The molecule has 12 nitrogen and oxygen atoms in total. The number of piperidine rings is 1. The van der Waals surface area contributed by atoms with Crippen molar-refractivity contribution in [3.8, 4) is 18.1 Å². The van der Waals surface area contributed by atoms with Gasteiger partial charge in [-0.3, -0.25) is 4.90 Å². The number of ether oxygens (including phenoxy) is 1. The Kier molecular flexibility index (Phi) is 11.0. The summed E-state index contributed by atoms with van der Waals surface area (Å²) in [6, 6.07) is 5.43. The zero-order chi connectivity index (χ0) is 30.8. The summed E-state index contributed by atoms with van der Waals surface area (Å²) in [6.07, 6.45) is 11.8. The number of nitrogens with one attached hydrogen (secondary N) is 1. The molecule has 1 aromatic carbocycles. The number of urea groups is 1. The SMILES string of the molecule is C#CCN(C(=O)N1CCCCC1)c1cnc(N(CC)CC)nc1NC(Cc1ccc(OC(=O)N2CCCC2)cc1)C(=O)O. The van der Waals surface area contributed by atoms with Crippen molar-refractivity contribution >= 4 is 35.5 Å². The highest BCUT2D eigenvalue weighted by Crippen LogP contribution is 2.29. The summed E-state index contributed by atoms with van der Waals surface area (Å²) in [5.74, 6) is 2.48. The third-order valence-corrected chi connectivity index (χ3v) is 7.74. The molecule has 0 bridgehead atoms. The number of carboxylic acids is 1. The number of nitrogens with zero attached hydrogens (tertiary/aromatic N) is 6. The fraction of sp³-hybridized carbons (Fsp3) is 0.516. The second kappa shape index (κ2) is 15.1. The minimum Gasteiger partial charge on any atom is -0.480 e. The minimum atomic E-state index is -1.09. The van der Waals surface area contributed by atoms with E-state index in [0.717, 1.165) is 32.1 Å². The number of anilines is 3. The standard InChI is InChI=1S/C31H41N7O5/c1-4-16-38(30(41)36-17-8-7-9-18-36)26-22-32-29(35(5-2)6-3)34-27(26)33-25(28(39)40)21-23-12-14-24(15-13-23)43-31(42)37-19-10-11-20-37/h1,12-15,22,25H,5-11,16-21H2,2-3H3,(H,39,40)(H,32,33,34). The van der Waals surface area contributed by atoms with Crippen molar-refractivity contribution in [3.63, 3.8) is 0 Å². The number of carboxylic acid groups (broad SMARTS) is 1. The van der Waals surface area contributed by atoms with E-state index in [1.165, 1.54) is 11.1 Å². The molecule has 0 radical (unpaired) electrons. The number of aliphatic carboxylic acids is 1. The summed E-state index contributed by atoms with van der Waals surface area (Å²) in [4.78, 5) is 54.4. The van der Waals surface area contributed by atoms with Gasteiger partial charge in [0.05, 0.1) is 12.7 Å². The quantitative estimate of drug-likeness (QED) is 0.371. The van der Waals surface area contributed by atoms with Crippen LogP contribution in [0.3, 0.4) is 0 Å². The Bertz CT molecular complexity index is 1300. The van der Waals surface area contributed by atoms with Gasteiger partial charge in [0.25, 0.3) is 0 Å². The molecule has 2 saturated heterocycles. The first-order valence-corrected chi connectivity index (χ1v) is 15.0. The zero-order valence-corrected chi connectivity index (χ0v) is 25.0. The molecule has 1 unspecified atom stereocenters. The molecule has 12 heteroatoms. The first-order valence-electron chi connectivity index (χ1n) is 15.0. The molecule has 1 atom stereocenters. The molecule has 3 heterocycles. The Balaban J connectivity index is 1.58. The Labute approximate surface area is 253 Å². The Morgan fingerprint density at radius 1 is 1.02 bits per heavy atom. The highest BCUT2D eigenvalue weighted by atomic mass is 16.6. The number of benzene rings is 1. The average molecular weight is 592 g/mol. The van der Waals surface area contributed by atoms with Crippen LogP contribution in [0.5, 0.6) is 5.75 Å². The van der Waals surface area contributed by atoms with Gasteiger partial charge < -0.3 is 29.9 Å². The summed E-state index contributed by atoms with van der Waals surface area (Å²) < 4.78 is 5.47. The normalized spacial score (nSPS) is 15.4. The van der Waals surface area contributed by atoms with Crippen molar-refractivity contribution in [2.75, 3.05) is 60.9 Å². The number of hydrogen-bond acceptors (Lipinski definition) is 8. The maximum absolute atomic E-state index is 13.6. The molecule has 43 heavy (non-hydrogen) atoms. The number of carbonyl (C=O) groups excluding carboxylic acids is 2. The lowest BCUT2D eigenvalue weighted by Crippen LogP contribution is -2.46. The van der Waals surface area contributed by atoms with E-state index >= 15 is 0 Å². The van der Waals surface area contributed by atoms with Crippen molar-refractivity contribution in [2.24, 2.45) is 0 Å². The van der Waals surface area contributed by atoms with E-state index in [1.807, 2.05) is 18.7 Å². The van der Waals surface area contributed by atoms with Crippen LogP contribution < -0.4 is 19.9 Å². The van der Waals surface area contributed by atoms with Gasteiger partial charge in [0.15, 0.2) is 5.82 Å². The summed E-state index contributed by atoms with van der Waals surface area (Å²) in [5.41, 5.74) is 1.03. The van der Waals surface area contributed by atoms with E-state index in [2.05, 4.69) is 16.2 Å². The highest BCUT2D eigenvalue weighted by Gasteiger charge is 2.29. The van der Waals surface area contributed by atoms with E-state index < -0.39 is 12.0 Å². The number of terminal acetylenes is 1. The smallest absolute Gasteiger partial charge is 0.415 e. The molecule has 2 N–H and O–H groups in total. The molecule has 1 aromatic heterocycles. The predicted molar refractivity (Wildman–Crippen MR) is 165 cm³/mol. The van der Waals surface area contributed by atoms with E-state index in [9.17, 15) is 19.5 Å². The molecule has 2 aliphatic heterocycles. The number of aromatic nitrogens is 2. The minimum absolute atomic E-state index is 0.0205. The molecule has 230 valence electrons. The van der Waals surface area contributed by atoms with Gasteiger partial charge in [-0.15, -0.1) is 6.42 Å². The number of rotatable bonds is 11. The summed E-state index contributed by atoms with van der Waals surface area (Å²) in [6.45, 7) is 7.85. The van der Waals surface area contributed by atoms with Gasteiger partial charge in [-0.25, -0.2) is 19.4 Å². The third kappa shape index (κ3) is 8.06. The molecule has 2 fully saturated rings. The lowest BCUT2D eigenvalue weighted by Gasteiger charge is -2.33. The summed E-state index contributed by atoms with van der Waals surface area (Å²) >= 11 is 0. The van der Waals surface area contributed by atoms with E-state index in [1.54, 1.807) is 34.1 Å². The van der Waals surface area contributed by atoms with Crippen molar-refractivity contribution < 1.29 is 24.2 Å². The van der Waals surface area contributed by atoms with Gasteiger partial charge in [0.2, 0.25) is 5.95 Å². The van der Waals surface area contributed by atoms with Crippen molar-refractivity contribution in [3.05, 3.63) is 36.0 Å². The lowest BCUT2D eigenvalue weighted by atomic mass is 10.1. The van der Waals surface area contributed by atoms with Crippen molar-refractivity contribution in [1.82, 2.24) is 19.8 Å². The average Bonchev–Trinajstić information content (AvgIpc) is 3.57. The van der Waals surface area contributed by atoms with Crippen LogP contribution in [-0.2, 0) is 11.2 Å². The molecule has 4 rings (SSSR count). The van der Waals surface area contributed by atoms with Crippen LogP contribution in [-0.4, -0.2) is 94.8 Å². The van der Waals surface area contributed by atoms with Gasteiger partial charge in [-0.1, -0.05) is 18.1 Å². The molecular formula is C31H41N7O5. The summed E-state index contributed by atoms with van der Waals surface area (Å²) in [5, 5.41) is 13.3. The van der Waals surface area contributed by atoms with E-state index in [4.69, 9.17) is 16.1 Å². The maximum atomic E-state index is 13.6. The molecule has 3 amide bonds. The first kappa shape index (κ1) is 31.4. The highest BCUT2D eigenvalue weighted by molar-refractivity contribution is 5.96. The summed E-state index contributed by atoms with van der Waals surface area (Å²) in [7, 11) is 0. The van der Waals surface area contributed by atoms with Gasteiger partial charge in [0, 0.05) is 45.7 Å². The molecule has 2 aliphatic rings. The third-order valence-electron chi connectivity index (χ3n) is 7.74. The molecule has 2 aromatic rings. The van der Waals surface area contributed by atoms with Crippen molar-refractivity contribution in [1.29, 1.82) is 0 Å². The number of hydrogen-bond donors (Lipinski definition) is 2. The van der Waals surface area contributed by atoms with Gasteiger partial charge >= 0.3 is 18.1 Å². The lowest BCUT2D eigenvalue weighted by molar-refractivity contribution is -0.137. The maximum Gasteiger partial charge on any atom is 0.415 e. The van der Waals surface area contributed by atoms with Crippen LogP contribution in [0.2, 0.25) is 0 Å². The van der Waals surface area contributed by atoms with Crippen LogP contribution in [0.1, 0.15) is 51.5 Å². The predicted octanol–water partition coefficient (Wildman–Crippen LogP) is 4.07. The Hall–Kier alpha value is -4.53. The Morgan fingerprint density at radius 3 is 2.26 bits per heavy atom. The van der Waals surface area contributed by atoms with Crippen LogP contribution in [0.25, 0.3) is 0 Å². The van der Waals surface area contributed by atoms with E-state index in [-0.39, 0.29) is 30.9 Å². The van der Waals surface area contributed by atoms with Crippen LogP contribution in [0, 0.1) is 12.3 Å². The monoisotopic (exact) mass is 591 g/mol. The number of carbonyl (C=O) groups is 3. The largest absolute Gasteiger partial charge is 0.480 e. The zero-order valence-electron chi connectivity index (χ0n) is 25.0. The molecule has 0 aliphatic carbocycles. The second-order valence-electron chi connectivity index (χ2n) is 10.6. The number of amides is 3. The molecule has 0 spiro atoms. The van der Waals surface area contributed by atoms with Gasteiger partial charge in [0.1, 0.15) is 17.5 Å². The van der Waals surface area contributed by atoms with E-state index in [0.29, 0.717) is 62.2 Å². The molecule has 0 saturated carbocycles.